The van der Waals surface area contributed by atoms with Crippen molar-refractivity contribution in [2.45, 2.75) is 24.7 Å². The zero-order valence-electron chi connectivity index (χ0n) is 18.6. The number of aliphatic imine (C=N–C) groups is 1. The SMILES string of the molecule is NC(N)=NC(=NS(=O)(=O)N1CCCC(F)(F)C1)N1C[C@H](c2ccccc2)C(c2ccc(Cl)cc2)=N1. The second-order valence-electron chi connectivity index (χ2n) is 8.24. The van der Waals surface area contributed by atoms with E-state index < -0.39 is 34.6 Å². The number of piperidine rings is 1. The van der Waals surface area contributed by atoms with E-state index in [-0.39, 0.29) is 31.8 Å². The number of alkyl halides is 2. The molecule has 2 aromatic rings. The number of nitrogens with zero attached hydrogens (tertiary/aromatic N) is 5. The molecule has 0 spiro atoms. The average Bonchev–Trinajstić information content (AvgIpc) is 3.24. The highest BCUT2D eigenvalue weighted by Gasteiger charge is 2.41. The Hall–Kier alpha value is -3.09. The van der Waals surface area contributed by atoms with Gasteiger partial charge in [-0.3, -0.25) is 0 Å². The molecule has 0 radical (unpaired) electrons. The Balaban J connectivity index is 1.75. The number of guanidine groups is 2. The van der Waals surface area contributed by atoms with Gasteiger partial charge in [0, 0.05) is 23.9 Å². The van der Waals surface area contributed by atoms with Crippen molar-refractivity contribution in [3.05, 3.63) is 70.7 Å². The summed E-state index contributed by atoms with van der Waals surface area (Å²) in [6.07, 6.45) is -0.374. The van der Waals surface area contributed by atoms with E-state index in [1.54, 1.807) is 24.3 Å². The Morgan fingerprint density at radius 3 is 2.43 bits per heavy atom. The average molecular weight is 524 g/mol. The van der Waals surface area contributed by atoms with Gasteiger partial charge in [-0.25, -0.2) is 13.8 Å². The zero-order chi connectivity index (χ0) is 25.2. The van der Waals surface area contributed by atoms with Crippen molar-refractivity contribution < 1.29 is 17.2 Å². The fourth-order valence-corrected chi connectivity index (χ4v) is 5.28. The predicted octanol–water partition coefficient (Wildman–Crippen LogP) is 2.75. The van der Waals surface area contributed by atoms with Crippen LogP contribution in [0.15, 0.2) is 69.1 Å². The van der Waals surface area contributed by atoms with Crippen LogP contribution in [0.4, 0.5) is 8.78 Å². The first-order valence-corrected chi connectivity index (χ1v) is 12.6. The second-order valence-corrected chi connectivity index (χ2v) is 10.3. The minimum Gasteiger partial charge on any atom is -0.370 e. The van der Waals surface area contributed by atoms with Crippen LogP contribution in [0.1, 0.15) is 29.9 Å². The maximum atomic E-state index is 13.9. The van der Waals surface area contributed by atoms with Crippen LogP contribution in [0, 0.1) is 0 Å². The summed E-state index contributed by atoms with van der Waals surface area (Å²) in [5.41, 5.74) is 13.4. The van der Waals surface area contributed by atoms with E-state index in [2.05, 4.69) is 14.5 Å². The molecule has 4 rings (SSSR count). The van der Waals surface area contributed by atoms with Gasteiger partial charge in [0.25, 0.3) is 11.9 Å². The van der Waals surface area contributed by atoms with Crippen molar-refractivity contribution in [1.82, 2.24) is 9.31 Å². The van der Waals surface area contributed by atoms with Gasteiger partial charge in [0.05, 0.1) is 18.8 Å². The van der Waals surface area contributed by atoms with Gasteiger partial charge in [0.15, 0.2) is 5.96 Å². The van der Waals surface area contributed by atoms with E-state index >= 15 is 0 Å². The molecule has 2 aliphatic rings. The molecule has 13 heteroatoms. The van der Waals surface area contributed by atoms with Crippen molar-refractivity contribution >= 4 is 39.4 Å². The third-order valence-electron chi connectivity index (χ3n) is 5.60. The van der Waals surface area contributed by atoms with Crippen LogP contribution in [0.25, 0.3) is 0 Å². The molecule has 1 atom stereocenters. The van der Waals surface area contributed by atoms with Crippen LogP contribution in [0.5, 0.6) is 0 Å². The summed E-state index contributed by atoms with van der Waals surface area (Å²) in [4.78, 5) is 3.87. The van der Waals surface area contributed by atoms with Crippen LogP contribution >= 0.6 is 11.6 Å². The predicted molar refractivity (Wildman–Crippen MR) is 132 cm³/mol. The minimum absolute atomic E-state index is 0.0119. The molecule has 0 aromatic heterocycles. The molecule has 0 bridgehead atoms. The molecule has 2 aromatic carbocycles. The Bertz CT molecular complexity index is 1260. The van der Waals surface area contributed by atoms with E-state index in [0.29, 0.717) is 15.0 Å². The summed E-state index contributed by atoms with van der Waals surface area (Å²) in [6, 6.07) is 16.5. The molecular formula is C22H24ClF2N7O2S. The number of halogens is 3. The van der Waals surface area contributed by atoms with E-state index in [9.17, 15) is 17.2 Å². The third-order valence-corrected chi connectivity index (χ3v) is 7.21. The highest BCUT2D eigenvalue weighted by Crippen LogP contribution is 2.31. The Labute approximate surface area is 207 Å². The lowest BCUT2D eigenvalue weighted by molar-refractivity contribution is -0.0434. The summed E-state index contributed by atoms with van der Waals surface area (Å²) in [7, 11) is -4.51. The Morgan fingerprint density at radius 1 is 1.11 bits per heavy atom. The van der Waals surface area contributed by atoms with E-state index in [4.69, 9.17) is 23.1 Å². The molecular weight excluding hydrogens is 500 g/mol. The van der Waals surface area contributed by atoms with E-state index in [0.717, 1.165) is 11.1 Å². The molecule has 0 unspecified atom stereocenters. The molecule has 1 saturated heterocycles. The molecule has 9 nitrogen and oxygen atoms in total. The fraction of sp³-hybridized carbons (Fsp3) is 0.318. The highest BCUT2D eigenvalue weighted by atomic mass is 35.5. The normalized spacial score (nSPS) is 21.0. The molecule has 186 valence electrons. The molecule has 0 aliphatic carbocycles. The maximum absolute atomic E-state index is 13.9. The Kier molecular flexibility index (Phi) is 7.06. The van der Waals surface area contributed by atoms with E-state index in [1.165, 1.54) is 5.01 Å². The highest BCUT2D eigenvalue weighted by molar-refractivity contribution is 7.87. The minimum atomic E-state index is -4.51. The molecule has 2 heterocycles. The van der Waals surface area contributed by atoms with Gasteiger partial charge in [-0.2, -0.15) is 22.8 Å². The van der Waals surface area contributed by atoms with Crippen molar-refractivity contribution in [3.63, 3.8) is 0 Å². The lowest BCUT2D eigenvalue weighted by Crippen LogP contribution is -2.45. The number of benzene rings is 2. The zero-order valence-corrected chi connectivity index (χ0v) is 20.1. The maximum Gasteiger partial charge on any atom is 0.325 e. The quantitative estimate of drug-likeness (QED) is 0.470. The van der Waals surface area contributed by atoms with Crippen molar-refractivity contribution in [2.75, 3.05) is 19.6 Å². The lowest BCUT2D eigenvalue weighted by Gasteiger charge is -2.30. The van der Waals surface area contributed by atoms with E-state index in [1.807, 2.05) is 30.3 Å². The number of nitrogens with two attached hydrogens (primary N) is 2. The van der Waals surface area contributed by atoms with Crippen LogP contribution < -0.4 is 11.5 Å². The van der Waals surface area contributed by atoms with Crippen LogP contribution in [0.2, 0.25) is 5.02 Å². The fourth-order valence-electron chi connectivity index (χ4n) is 3.98. The van der Waals surface area contributed by atoms with Crippen molar-refractivity contribution in [1.29, 1.82) is 0 Å². The number of hydrogen-bond acceptors (Lipinski definition) is 3. The van der Waals surface area contributed by atoms with Crippen molar-refractivity contribution in [3.8, 4) is 0 Å². The first-order valence-electron chi connectivity index (χ1n) is 10.8. The Morgan fingerprint density at radius 2 is 1.80 bits per heavy atom. The number of hydrogen-bond donors (Lipinski definition) is 2. The van der Waals surface area contributed by atoms with Gasteiger partial charge < -0.3 is 11.5 Å². The van der Waals surface area contributed by atoms with Gasteiger partial charge in [-0.1, -0.05) is 54.1 Å². The van der Waals surface area contributed by atoms with Gasteiger partial charge in [0.2, 0.25) is 0 Å². The lowest BCUT2D eigenvalue weighted by atomic mass is 9.91. The number of hydrazone groups is 1. The summed E-state index contributed by atoms with van der Waals surface area (Å²) < 4.78 is 58.0. The largest absolute Gasteiger partial charge is 0.370 e. The molecule has 0 amide bonds. The summed E-state index contributed by atoms with van der Waals surface area (Å²) in [5, 5.41) is 6.40. The standard InChI is InChI=1S/C22H24ClF2N7O2S/c23-17-9-7-16(8-10-17)19-18(15-5-2-1-3-6-15)13-32(29-19)21(28-20(26)27)30-35(33,34)31-12-4-11-22(24,25)14-31/h1-3,5-10,18H,4,11-14H2,(H4,26,27,28,30)/t18-/m1/s1. The number of rotatable bonds is 4. The van der Waals surface area contributed by atoms with Gasteiger partial charge in [-0.15, -0.1) is 4.40 Å². The van der Waals surface area contributed by atoms with Crippen LogP contribution in [-0.4, -0.2) is 60.9 Å². The summed E-state index contributed by atoms with van der Waals surface area (Å²) >= 11 is 6.04. The molecule has 35 heavy (non-hydrogen) atoms. The summed E-state index contributed by atoms with van der Waals surface area (Å²) in [5.74, 6) is -4.28. The van der Waals surface area contributed by atoms with Crippen molar-refractivity contribution in [2.24, 2.45) is 26.0 Å². The van der Waals surface area contributed by atoms with Gasteiger partial charge >= 0.3 is 10.2 Å². The topological polar surface area (TPSA) is 130 Å². The molecule has 1 fully saturated rings. The third kappa shape index (κ3) is 5.95. The van der Waals surface area contributed by atoms with Crippen LogP contribution in [-0.2, 0) is 10.2 Å². The first kappa shape index (κ1) is 25.0. The van der Waals surface area contributed by atoms with Crippen LogP contribution in [0.3, 0.4) is 0 Å². The molecule has 0 saturated carbocycles. The van der Waals surface area contributed by atoms with Gasteiger partial charge in [0.1, 0.15) is 0 Å². The molecule has 4 N–H and O–H groups in total. The van der Waals surface area contributed by atoms with Gasteiger partial charge in [-0.05, 0) is 29.7 Å². The summed E-state index contributed by atoms with van der Waals surface area (Å²) in [6.45, 7) is -0.869. The monoisotopic (exact) mass is 523 g/mol. The first-order chi connectivity index (χ1) is 16.5. The molecule has 2 aliphatic heterocycles. The smallest absolute Gasteiger partial charge is 0.325 e. The second kappa shape index (κ2) is 9.88.